The van der Waals surface area contributed by atoms with Gasteiger partial charge in [-0.3, -0.25) is 0 Å². The van der Waals surface area contributed by atoms with Crippen LogP contribution in [-0.4, -0.2) is 18.1 Å². The molecule has 0 amide bonds. The van der Waals surface area contributed by atoms with Gasteiger partial charge in [-0.2, -0.15) is 0 Å². The van der Waals surface area contributed by atoms with E-state index in [0.29, 0.717) is 13.2 Å². The van der Waals surface area contributed by atoms with Crippen LogP contribution in [0.15, 0.2) is 48.5 Å². The average molecular weight is 383 g/mol. The molecule has 0 N–H and O–H groups in total. The largest absolute Gasteiger partial charge is 0.493 e. The van der Waals surface area contributed by atoms with Crippen LogP contribution in [0.5, 0.6) is 11.5 Å². The predicted molar refractivity (Wildman–Crippen MR) is 119 cm³/mol. The van der Waals surface area contributed by atoms with E-state index in [0.717, 1.165) is 53.2 Å². The number of rotatable bonds is 11. The molecule has 0 heterocycles. The van der Waals surface area contributed by atoms with Crippen molar-refractivity contribution in [1.82, 2.24) is 0 Å². The monoisotopic (exact) mass is 382 g/mol. The molecule has 0 aromatic heterocycles. The van der Waals surface area contributed by atoms with Gasteiger partial charge in [0, 0.05) is 10.4 Å². The summed E-state index contributed by atoms with van der Waals surface area (Å²) in [7, 11) is 0. The van der Waals surface area contributed by atoms with Crippen molar-refractivity contribution >= 4 is 23.2 Å². The van der Waals surface area contributed by atoms with Crippen LogP contribution in [0.4, 0.5) is 0 Å². The van der Waals surface area contributed by atoms with Crippen molar-refractivity contribution in [3.63, 3.8) is 0 Å². The highest BCUT2D eigenvalue weighted by Crippen LogP contribution is 2.33. The topological polar surface area (TPSA) is 18.5 Å². The number of thiocarbonyl (C=S) groups is 1. The fourth-order valence-corrected chi connectivity index (χ4v) is 2.99. The van der Waals surface area contributed by atoms with Gasteiger partial charge in [-0.25, -0.2) is 0 Å². The zero-order chi connectivity index (χ0) is 19.5. The van der Waals surface area contributed by atoms with E-state index in [9.17, 15) is 0 Å². The smallest absolute Gasteiger partial charge is 0.126 e. The highest BCUT2D eigenvalue weighted by molar-refractivity contribution is 7.81. The maximum atomic E-state index is 6.04. The van der Waals surface area contributed by atoms with Crippen molar-refractivity contribution in [2.24, 2.45) is 0 Å². The summed E-state index contributed by atoms with van der Waals surface area (Å²) in [5.41, 5.74) is 3.27. The molecule has 0 atom stereocenters. The molecule has 0 aliphatic carbocycles. The first-order valence-corrected chi connectivity index (χ1v) is 10.3. The fraction of sp³-hybridized carbons (Fsp3) is 0.375. The van der Waals surface area contributed by atoms with Crippen LogP contribution in [0.1, 0.15) is 56.7 Å². The minimum absolute atomic E-state index is 0.708. The lowest BCUT2D eigenvalue weighted by molar-refractivity contribution is 0.295. The standard InChI is InChI=1S/C24H30O2S/c1-4-10-21-22(25-15-5-2)17-19(18-23(21)26-16-6-3)13-14-24(27)20-11-8-7-9-12-20/h7-9,11-14,17-18H,4-6,10,15-16H2,1-3H3. The van der Waals surface area contributed by atoms with Crippen LogP contribution in [-0.2, 0) is 6.42 Å². The van der Waals surface area contributed by atoms with Crippen molar-refractivity contribution in [2.45, 2.75) is 46.5 Å². The highest BCUT2D eigenvalue weighted by atomic mass is 32.1. The van der Waals surface area contributed by atoms with E-state index in [1.54, 1.807) is 0 Å². The molecule has 2 aromatic rings. The fourth-order valence-electron chi connectivity index (χ4n) is 2.78. The molecule has 2 aromatic carbocycles. The molecule has 0 fully saturated rings. The van der Waals surface area contributed by atoms with Crippen LogP contribution >= 0.6 is 12.2 Å². The molecule has 0 aliphatic heterocycles. The number of ether oxygens (including phenoxy) is 2. The van der Waals surface area contributed by atoms with Crippen LogP contribution in [0.2, 0.25) is 0 Å². The maximum absolute atomic E-state index is 6.04. The second-order valence-corrected chi connectivity index (χ2v) is 6.95. The van der Waals surface area contributed by atoms with E-state index < -0.39 is 0 Å². The Morgan fingerprint density at radius 1 is 0.889 bits per heavy atom. The van der Waals surface area contributed by atoms with Gasteiger partial charge in [0.25, 0.3) is 0 Å². The minimum atomic E-state index is 0.708. The van der Waals surface area contributed by atoms with Gasteiger partial charge in [0.2, 0.25) is 0 Å². The summed E-state index contributed by atoms with van der Waals surface area (Å²) in [6, 6.07) is 14.3. The summed E-state index contributed by atoms with van der Waals surface area (Å²) in [4.78, 5) is 0.820. The first-order chi connectivity index (χ1) is 13.2. The Morgan fingerprint density at radius 3 is 2.00 bits per heavy atom. The number of hydrogen-bond donors (Lipinski definition) is 0. The van der Waals surface area contributed by atoms with Gasteiger partial charge in [0.15, 0.2) is 0 Å². The summed E-state index contributed by atoms with van der Waals surface area (Å²) >= 11 is 5.54. The Balaban J connectivity index is 2.33. The molecule has 2 nitrogen and oxygen atoms in total. The highest BCUT2D eigenvalue weighted by Gasteiger charge is 2.12. The predicted octanol–water partition coefficient (Wildman–Crippen LogP) is 6.65. The Hall–Kier alpha value is -2.13. The lowest BCUT2D eigenvalue weighted by Gasteiger charge is -2.17. The average Bonchev–Trinajstić information content (AvgIpc) is 2.71. The second-order valence-electron chi connectivity index (χ2n) is 6.51. The molecule has 27 heavy (non-hydrogen) atoms. The molecule has 0 saturated heterocycles. The molecule has 144 valence electrons. The summed E-state index contributed by atoms with van der Waals surface area (Å²) in [6.45, 7) is 7.84. The maximum Gasteiger partial charge on any atom is 0.126 e. The molecular formula is C24H30O2S. The molecule has 2 rings (SSSR count). The molecule has 0 unspecified atom stereocenters. The molecule has 0 radical (unpaired) electrons. The van der Waals surface area contributed by atoms with Gasteiger partial charge < -0.3 is 9.47 Å². The SMILES string of the molecule is CCCOc1cc(C=CC(=S)c2ccccc2)cc(OCCC)c1CCC. The van der Waals surface area contributed by atoms with E-state index in [4.69, 9.17) is 21.7 Å². The summed E-state index contributed by atoms with van der Waals surface area (Å²) < 4.78 is 12.1. The van der Waals surface area contributed by atoms with Crippen LogP contribution in [0.3, 0.4) is 0 Å². The lowest BCUT2D eigenvalue weighted by atomic mass is 10.0. The molecule has 0 spiro atoms. The van der Waals surface area contributed by atoms with Crippen LogP contribution in [0.25, 0.3) is 6.08 Å². The quantitative estimate of drug-likeness (QED) is 0.246. The first-order valence-electron chi connectivity index (χ1n) is 9.89. The Bertz CT molecular complexity index is 721. The minimum Gasteiger partial charge on any atom is -0.493 e. The van der Waals surface area contributed by atoms with E-state index in [1.807, 2.05) is 42.5 Å². The van der Waals surface area contributed by atoms with Crippen molar-refractivity contribution in [1.29, 1.82) is 0 Å². The van der Waals surface area contributed by atoms with Gasteiger partial charge >= 0.3 is 0 Å². The van der Waals surface area contributed by atoms with Gasteiger partial charge in [0.05, 0.1) is 13.2 Å². The zero-order valence-corrected chi connectivity index (χ0v) is 17.5. The molecule has 3 heteroatoms. The van der Waals surface area contributed by atoms with Crippen molar-refractivity contribution in [3.8, 4) is 11.5 Å². The third-order valence-electron chi connectivity index (χ3n) is 4.10. The number of benzene rings is 2. The van der Waals surface area contributed by atoms with Gasteiger partial charge in [0.1, 0.15) is 11.5 Å². The Morgan fingerprint density at radius 2 is 1.48 bits per heavy atom. The van der Waals surface area contributed by atoms with Crippen LogP contribution < -0.4 is 9.47 Å². The van der Waals surface area contributed by atoms with Crippen molar-refractivity contribution in [3.05, 3.63) is 65.2 Å². The molecule has 0 bridgehead atoms. The van der Waals surface area contributed by atoms with Gasteiger partial charge in [-0.15, -0.1) is 0 Å². The van der Waals surface area contributed by atoms with E-state index in [2.05, 4.69) is 32.9 Å². The van der Waals surface area contributed by atoms with E-state index >= 15 is 0 Å². The lowest BCUT2D eigenvalue weighted by Crippen LogP contribution is -2.04. The van der Waals surface area contributed by atoms with Gasteiger partial charge in [-0.05, 0) is 48.6 Å². The summed E-state index contributed by atoms with van der Waals surface area (Å²) in [5, 5.41) is 0. The van der Waals surface area contributed by atoms with Crippen molar-refractivity contribution in [2.75, 3.05) is 13.2 Å². The second kappa shape index (κ2) is 11.6. The third kappa shape index (κ3) is 6.51. The van der Waals surface area contributed by atoms with Gasteiger partial charge in [-0.1, -0.05) is 75.8 Å². The normalized spacial score (nSPS) is 10.9. The third-order valence-corrected chi connectivity index (χ3v) is 4.47. The van der Waals surface area contributed by atoms with E-state index in [1.165, 1.54) is 5.56 Å². The van der Waals surface area contributed by atoms with Crippen molar-refractivity contribution < 1.29 is 9.47 Å². The Kier molecular flexibility index (Phi) is 9.06. The summed E-state index contributed by atoms with van der Waals surface area (Å²) in [5.74, 6) is 1.86. The molecule has 0 aliphatic rings. The Labute approximate surface area is 169 Å². The van der Waals surface area contributed by atoms with Crippen LogP contribution in [0, 0.1) is 0 Å². The summed E-state index contributed by atoms with van der Waals surface area (Å²) in [6.07, 6.45) is 7.99. The number of hydrogen-bond acceptors (Lipinski definition) is 3. The zero-order valence-electron chi connectivity index (χ0n) is 16.7. The van der Waals surface area contributed by atoms with E-state index in [-0.39, 0.29) is 0 Å². The first kappa shape index (κ1) is 21.2. The number of allylic oxidation sites excluding steroid dienone is 1. The molecular weight excluding hydrogens is 352 g/mol. The molecule has 0 saturated carbocycles.